The predicted octanol–water partition coefficient (Wildman–Crippen LogP) is 4.23. The van der Waals surface area contributed by atoms with Crippen molar-refractivity contribution >= 4 is 21.4 Å². The fraction of sp³-hybridized carbons (Fsp3) is 0.0588. The lowest BCUT2D eigenvalue weighted by Gasteiger charge is -2.18. The zero-order chi connectivity index (χ0) is 18.0. The van der Waals surface area contributed by atoms with Crippen LogP contribution in [-0.4, -0.2) is 8.42 Å². The molecule has 0 radical (unpaired) electrons. The maximum absolute atomic E-state index is 13.9. The molecule has 8 heteroatoms. The summed E-state index contributed by atoms with van der Waals surface area (Å²) in [5.41, 5.74) is 0.495. The Labute approximate surface area is 146 Å². The number of sulfonamides is 1. The van der Waals surface area contributed by atoms with E-state index in [-0.39, 0.29) is 0 Å². The number of halogens is 3. The Morgan fingerprint density at radius 1 is 0.920 bits per heavy atom. The summed E-state index contributed by atoms with van der Waals surface area (Å²) in [6.07, 6.45) is 0. The first kappa shape index (κ1) is 17.7. The van der Waals surface area contributed by atoms with E-state index < -0.39 is 38.4 Å². The van der Waals surface area contributed by atoms with Gasteiger partial charge in [0.2, 0.25) is 10.0 Å². The number of nitrogens with one attached hydrogen (secondary N) is 1. The summed E-state index contributed by atoms with van der Waals surface area (Å²) >= 11 is 1.30. The van der Waals surface area contributed by atoms with Crippen molar-refractivity contribution in [1.82, 2.24) is 4.72 Å². The molecule has 2 aromatic carbocycles. The molecule has 0 amide bonds. The van der Waals surface area contributed by atoms with Crippen molar-refractivity contribution in [3.63, 3.8) is 0 Å². The van der Waals surface area contributed by atoms with Crippen LogP contribution in [0.5, 0.6) is 0 Å². The molecule has 0 unspecified atom stereocenters. The van der Waals surface area contributed by atoms with Crippen LogP contribution in [0, 0.1) is 17.5 Å². The van der Waals surface area contributed by atoms with Gasteiger partial charge in [-0.2, -0.15) is 4.72 Å². The van der Waals surface area contributed by atoms with Crippen molar-refractivity contribution in [2.24, 2.45) is 0 Å². The van der Waals surface area contributed by atoms with Gasteiger partial charge < -0.3 is 0 Å². The molecule has 3 aromatic rings. The highest BCUT2D eigenvalue weighted by Crippen LogP contribution is 2.28. The van der Waals surface area contributed by atoms with Gasteiger partial charge in [-0.05, 0) is 41.3 Å². The first-order valence-corrected chi connectivity index (χ1v) is 9.49. The first-order valence-electron chi connectivity index (χ1n) is 7.13. The number of hydrogen-bond donors (Lipinski definition) is 1. The van der Waals surface area contributed by atoms with Crippen LogP contribution >= 0.6 is 11.3 Å². The van der Waals surface area contributed by atoms with Crippen LogP contribution < -0.4 is 4.72 Å². The molecule has 0 saturated heterocycles. The molecule has 0 aliphatic heterocycles. The van der Waals surface area contributed by atoms with E-state index in [1.54, 1.807) is 17.5 Å². The van der Waals surface area contributed by atoms with Gasteiger partial charge in [0, 0.05) is 10.9 Å². The third-order valence-corrected chi connectivity index (χ3v) is 5.88. The molecule has 3 rings (SSSR count). The Kier molecular flexibility index (Phi) is 4.94. The Morgan fingerprint density at radius 2 is 1.60 bits per heavy atom. The van der Waals surface area contributed by atoms with Crippen LogP contribution in [0.15, 0.2) is 64.9 Å². The third-order valence-electron chi connectivity index (χ3n) is 3.49. The minimum Gasteiger partial charge on any atom is -0.207 e. The van der Waals surface area contributed by atoms with Crippen molar-refractivity contribution in [3.8, 4) is 0 Å². The van der Waals surface area contributed by atoms with Crippen molar-refractivity contribution < 1.29 is 21.6 Å². The van der Waals surface area contributed by atoms with Crippen LogP contribution in [0.1, 0.15) is 16.5 Å². The highest BCUT2D eigenvalue weighted by atomic mass is 32.2. The number of thiophene rings is 1. The minimum absolute atomic E-state index is 0.457. The SMILES string of the molecule is O=S(=O)(N[C@H](c1ccc(F)cc1)c1cccs1)c1ccc(F)cc1F. The first-order chi connectivity index (χ1) is 11.9. The van der Waals surface area contributed by atoms with E-state index in [9.17, 15) is 21.6 Å². The summed E-state index contributed by atoms with van der Waals surface area (Å²) in [4.78, 5) is -0.00438. The smallest absolute Gasteiger partial charge is 0.207 e. The quantitative estimate of drug-likeness (QED) is 0.717. The van der Waals surface area contributed by atoms with E-state index in [4.69, 9.17) is 0 Å². The Hall–Kier alpha value is -2.16. The molecule has 0 fully saturated rings. The summed E-state index contributed by atoms with van der Waals surface area (Å²) in [6, 6.07) is 10.2. The normalized spacial score (nSPS) is 12.9. The lowest BCUT2D eigenvalue weighted by atomic mass is 10.1. The maximum Gasteiger partial charge on any atom is 0.244 e. The molecular weight excluding hydrogens is 371 g/mol. The van der Waals surface area contributed by atoms with Crippen molar-refractivity contribution in [2.75, 3.05) is 0 Å². The molecule has 130 valence electrons. The van der Waals surface area contributed by atoms with Crippen LogP contribution in [0.2, 0.25) is 0 Å². The molecule has 1 atom stereocenters. The summed E-state index contributed by atoms with van der Waals surface area (Å²) in [6.45, 7) is 0. The Bertz CT molecular complexity index is 972. The van der Waals surface area contributed by atoms with Crippen LogP contribution in [-0.2, 0) is 10.0 Å². The average molecular weight is 383 g/mol. The van der Waals surface area contributed by atoms with Gasteiger partial charge >= 0.3 is 0 Å². The van der Waals surface area contributed by atoms with Gasteiger partial charge in [0.1, 0.15) is 22.3 Å². The van der Waals surface area contributed by atoms with Gasteiger partial charge in [0.15, 0.2) is 0 Å². The largest absolute Gasteiger partial charge is 0.244 e. The molecule has 1 heterocycles. The Morgan fingerprint density at radius 3 is 2.20 bits per heavy atom. The molecule has 1 N–H and O–H groups in total. The molecule has 0 saturated carbocycles. The van der Waals surface area contributed by atoms with Gasteiger partial charge in [-0.15, -0.1) is 11.3 Å². The zero-order valence-electron chi connectivity index (χ0n) is 12.6. The molecule has 0 aliphatic rings. The van der Waals surface area contributed by atoms with Gasteiger partial charge in [-0.25, -0.2) is 21.6 Å². The minimum atomic E-state index is -4.27. The lowest BCUT2D eigenvalue weighted by Crippen LogP contribution is -2.29. The fourth-order valence-electron chi connectivity index (χ4n) is 2.31. The molecular formula is C17H12F3NO2S2. The average Bonchev–Trinajstić information content (AvgIpc) is 3.07. The van der Waals surface area contributed by atoms with E-state index in [0.717, 1.165) is 12.1 Å². The maximum atomic E-state index is 13.9. The van der Waals surface area contributed by atoms with E-state index in [2.05, 4.69) is 4.72 Å². The lowest BCUT2D eigenvalue weighted by molar-refractivity contribution is 0.539. The second-order valence-electron chi connectivity index (χ2n) is 5.20. The third kappa shape index (κ3) is 3.92. The van der Waals surface area contributed by atoms with Crippen molar-refractivity contribution in [1.29, 1.82) is 0 Å². The number of benzene rings is 2. The van der Waals surface area contributed by atoms with E-state index in [1.165, 1.54) is 35.6 Å². The Balaban J connectivity index is 2.01. The monoisotopic (exact) mass is 383 g/mol. The van der Waals surface area contributed by atoms with Crippen molar-refractivity contribution in [2.45, 2.75) is 10.9 Å². The molecule has 3 nitrogen and oxygen atoms in total. The number of hydrogen-bond acceptors (Lipinski definition) is 3. The summed E-state index contributed by atoms with van der Waals surface area (Å²) in [5, 5.41) is 1.76. The second-order valence-corrected chi connectivity index (χ2v) is 7.86. The zero-order valence-corrected chi connectivity index (χ0v) is 14.3. The molecule has 25 heavy (non-hydrogen) atoms. The van der Waals surface area contributed by atoms with E-state index >= 15 is 0 Å². The topological polar surface area (TPSA) is 46.2 Å². The summed E-state index contributed by atoms with van der Waals surface area (Å²) in [7, 11) is -4.27. The molecule has 0 aliphatic carbocycles. The molecule has 0 bridgehead atoms. The molecule has 1 aromatic heterocycles. The standard InChI is InChI=1S/C17H12F3NO2S2/c18-12-5-3-11(4-6-12)17(15-2-1-9-24-15)21-25(22,23)16-8-7-13(19)10-14(16)20/h1-10,17,21H/t17-/m1/s1. The second kappa shape index (κ2) is 6.99. The number of rotatable bonds is 5. The van der Waals surface area contributed by atoms with Crippen LogP contribution in [0.25, 0.3) is 0 Å². The van der Waals surface area contributed by atoms with Gasteiger partial charge in [0.25, 0.3) is 0 Å². The van der Waals surface area contributed by atoms with E-state index in [1.807, 2.05) is 0 Å². The summed E-state index contributed by atoms with van der Waals surface area (Å²) < 4.78 is 67.6. The fourth-order valence-corrected chi connectivity index (χ4v) is 4.45. The van der Waals surface area contributed by atoms with E-state index in [0.29, 0.717) is 16.5 Å². The van der Waals surface area contributed by atoms with Gasteiger partial charge in [0.05, 0.1) is 6.04 Å². The van der Waals surface area contributed by atoms with Gasteiger partial charge in [-0.1, -0.05) is 18.2 Å². The van der Waals surface area contributed by atoms with Crippen LogP contribution in [0.4, 0.5) is 13.2 Å². The highest BCUT2D eigenvalue weighted by molar-refractivity contribution is 7.89. The van der Waals surface area contributed by atoms with Gasteiger partial charge in [-0.3, -0.25) is 0 Å². The van der Waals surface area contributed by atoms with Crippen molar-refractivity contribution in [3.05, 3.63) is 87.9 Å². The summed E-state index contributed by atoms with van der Waals surface area (Å²) in [5.74, 6) is -2.51. The highest BCUT2D eigenvalue weighted by Gasteiger charge is 2.26. The molecule has 0 spiro atoms. The predicted molar refractivity (Wildman–Crippen MR) is 89.2 cm³/mol. The van der Waals surface area contributed by atoms with Crippen LogP contribution in [0.3, 0.4) is 0 Å².